The van der Waals surface area contributed by atoms with Crippen molar-refractivity contribution >= 4 is 6.09 Å². The number of pyridine rings is 1. The average molecular weight is 292 g/mol. The molecular weight excluding hydrogens is 266 g/mol. The minimum atomic E-state index is -0.415. The van der Waals surface area contributed by atoms with E-state index < -0.39 is 5.60 Å². The molecule has 0 atom stereocenters. The summed E-state index contributed by atoms with van der Waals surface area (Å²) in [6.45, 7) is 8.25. The molecule has 1 saturated heterocycles. The topological polar surface area (TPSA) is 59.0 Å². The summed E-state index contributed by atoms with van der Waals surface area (Å²) in [7, 11) is 0. The van der Waals surface area contributed by atoms with Crippen molar-refractivity contribution < 1.29 is 14.8 Å². The van der Waals surface area contributed by atoms with Crippen LogP contribution in [0.25, 0.3) is 0 Å². The summed E-state index contributed by atoms with van der Waals surface area (Å²) in [5.41, 5.74) is 0.876. The quantitative estimate of drug-likeness (QED) is 0.919. The third kappa shape index (κ3) is 5.34. The standard InChI is InChI=1S/C16H25N3O2/c1-16(2,3)21-15(20)19-10-6-14(7-11-19)18-12-13-4-8-17-9-5-13/h4-5,8-9,14,18H,6-7,10-12H2,1-3H3/p+1. The lowest BCUT2D eigenvalue weighted by molar-refractivity contribution is -0.706. The van der Waals surface area contributed by atoms with Crippen LogP contribution in [0.5, 0.6) is 0 Å². The van der Waals surface area contributed by atoms with Gasteiger partial charge in [-0.3, -0.25) is 4.98 Å². The van der Waals surface area contributed by atoms with Crippen LogP contribution in [0.2, 0.25) is 0 Å². The van der Waals surface area contributed by atoms with Gasteiger partial charge in [0.05, 0.1) is 6.04 Å². The molecule has 2 rings (SSSR count). The predicted molar refractivity (Wildman–Crippen MR) is 80.7 cm³/mol. The van der Waals surface area contributed by atoms with Gasteiger partial charge >= 0.3 is 6.09 Å². The predicted octanol–water partition coefficient (Wildman–Crippen LogP) is 1.54. The lowest BCUT2D eigenvalue weighted by Crippen LogP contribution is -2.89. The largest absolute Gasteiger partial charge is 0.444 e. The van der Waals surface area contributed by atoms with E-state index in [4.69, 9.17) is 4.74 Å². The van der Waals surface area contributed by atoms with Gasteiger partial charge in [-0.05, 0) is 32.9 Å². The van der Waals surface area contributed by atoms with E-state index in [0.717, 1.165) is 32.5 Å². The fraction of sp³-hybridized carbons (Fsp3) is 0.625. The Labute approximate surface area is 126 Å². The Hall–Kier alpha value is -1.62. The Balaban J connectivity index is 1.72. The van der Waals surface area contributed by atoms with Crippen LogP contribution >= 0.6 is 0 Å². The van der Waals surface area contributed by atoms with Crippen molar-refractivity contribution in [2.45, 2.75) is 51.8 Å². The molecular formula is C16H26N3O2+. The SMILES string of the molecule is CC(C)(C)OC(=O)N1CCC([NH2+]Cc2ccncc2)CC1. The molecule has 0 bridgehead atoms. The van der Waals surface area contributed by atoms with Crippen LogP contribution in [0.15, 0.2) is 24.5 Å². The average Bonchev–Trinajstić information content (AvgIpc) is 2.45. The molecule has 0 aliphatic carbocycles. The number of carbonyl (C=O) groups excluding carboxylic acids is 1. The number of ether oxygens (including phenoxy) is 1. The summed E-state index contributed by atoms with van der Waals surface area (Å²) in [6, 6.07) is 4.68. The van der Waals surface area contributed by atoms with E-state index in [1.807, 2.05) is 50.2 Å². The zero-order valence-corrected chi connectivity index (χ0v) is 13.2. The molecule has 1 aromatic rings. The molecule has 5 nitrogen and oxygen atoms in total. The lowest BCUT2D eigenvalue weighted by atomic mass is 10.1. The maximum Gasteiger partial charge on any atom is 0.410 e. The van der Waals surface area contributed by atoms with Crippen molar-refractivity contribution in [1.29, 1.82) is 0 Å². The molecule has 2 heterocycles. The van der Waals surface area contributed by atoms with Crippen molar-refractivity contribution in [3.8, 4) is 0 Å². The molecule has 1 amide bonds. The number of nitrogens with zero attached hydrogens (tertiary/aromatic N) is 2. The number of rotatable bonds is 3. The number of likely N-dealkylation sites (tertiary alicyclic amines) is 1. The summed E-state index contributed by atoms with van der Waals surface area (Å²) < 4.78 is 5.41. The number of carbonyl (C=O) groups is 1. The van der Waals surface area contributed by atoms with Gasteiger partial charge < -0.3 is 15.0 Å². The minimum absolute atomic E-state index is 0.185. The van der Waals surface area contributed by atoms with Crippen LogP contribution in [-0.4, -0.2) is 40.7 Å². The number of nitrogens with two attached hydrogens (primary N) is 1. The molecule has 0 spiro atoms. The molecule has 2 N–H and O–H groups in total. The van der Waals surface area contributed by atoms with Gasteiger partial charge in [0.1, 0.15) is 12.1 Å². The molecule has 116 valence electrons. The monoisotopic (exact) mass is 292 g/mol. The highest BCUT2D eigenvalue weighted by Crippen LogP contribution is 2.14. The highest BCUT2D eigenvalue weighted by atomic mass is 16.6. The lowest BCUT2D eigenvalue weighted by Gasteiger charge is -2.32. The van der Waals surface area contributed by atoms with E-state index in [1.165, 1.54) is 5.56 Å². The van der Waals surface area contributed by atoms with Crippen LogP contribution in [-0.2, 0) is 11.3 Å². The summed E-state index contributed by atoms with van der Waals surface area (Å²) in [4.78, 5) is 17.8. The Bertz CT molecular complexity index is 448. The maximum atomic E-state index is 12.0. The summed E-state index contributed by atoms with van der Waals surface area (Å²) in [6.07, 6.45) is 5.51. The summed E-state index contributed by atoms with van der Waals surface area (Å²) in [5.74, 6) is 0. The van der Waals surface area contributed by atoms with Crippen LogP contribution in [0.1, 0.15) is 39.2 Å². The molecule has 1 fully saturated rings. The van der Waals surface area contributed by atoms with Crippen LogP contribution in [0, 0.1) is 0 Å². The van der Waals surface area contributed by atoms with Gasteiger partial charge in [0, 0.05) is 43.9 Å². The van der Waals surface area contributed by atoms with Crippen molar-refractivity contribution in [2.24, 2.45) is 0 Å². The molecule has 0 aromatic carbocycles. The van der Waals surface area contributed by atoms with E-state index in [0.29, 0.717) is 6.04 Å². The zero-order valence-electron chi connectivity index (χ0n) is 13.2. The number of hydrogen-bond donors (Lipinski definition) is 1. The van der Waals surface area contributed by atoms with Gasteiger partial charge in [0.15, 0.2) is 0 Å². The molecule has 0 saturated carbocycles. The molecule has 0 radical (unpaired) electrons. The Morgan fingerprint density at radius 2 is 1.95 bits per heavy atom. The third-order valence-electron chi connectivity index (χ3n) is 3.63. The molecule has 1 aliphatic rings. The van der Waals surface area contributed by atoms with Gasteiger partial charge in [0.25, 0.3) is 0 Å². The third-order valence-corrected chi connectivity index (χ3v) is 3.63. The Morgan fingerprint density at radius 1 is 1.33 bits per heavy atom. The fourth-order valence-corrected chi connectivity index (χ4v) is 2.47. The zero-order chi connectivity index (χ0) is 15.3. The molecule has 1 aliphatic heterocycles. The van der Waals surface area contributed by atoms with Crippen molar-refractivity contribution in [1.82, 2.24) is 9.88 Å². The van der Waals surface area contributed by atoms with E-state index in [1.54, 1.807) is 0 Å². The molecule has 0 unspecified atom stereocenters. The number of hydrogen-bond acceptors (Lipinski definition) is 3. The fourth-order valence-electron chi connectivity index (χ4n) is 2.47. The van der Waals surface area contributed by atoms with Gasteiger partial charge in [-0.15, -0.1) is 0 Å². The Kier molecular flexibility index (Phi) is 5.17. The Morgan fingerprint density at radius 3 is 2.52 bits per heavy atom. The van der Waals surface area contributed by atoms with Crippen molar-refractivity contribution in [2.75, 3.05) is 13.1 Å². The van der Waals surface area contributed by atoms with E-state index in [9.17, 15) is 4.79 Å². The molecule has 1 aromatic heterocycles. The summed E-state index contributed by atoms with van der Waals surface area (Å²) in [5, 5.41) is 2.36. The van der Waals surface area contributed by atoms with Crippen molar-refractivity contribution in [3.63, 3.8) is 0 Å². The summed E-state index contributed by atoms with van der Waals surface area (Å²) >= 11 is 0. The van der Waals surface area contributed by atoms with E-state index in [-0.39, 0.29) is 6.09 Å². The van der Waals surface area contributed by atoms with E-state index in [2.05, 4.69) is 10.3 Å². The first-order valence-electron chi connectivity index (χ1n) is 7.64. The number of quaternary nitrogens is 1. The minimum Gasteiger partial charge on any atom is -0.444 e. The van der Waals surface area contributed by atoms with Gasteiger partial charge in [0.2, 0.25) is 0 Å². The number of aromatic nitrogens is 1. The molecule has 5 heteroatoms. The first kappa shape index (κ1) is 15.8. The van der Waals surface area contributed by atoms with Gasteiger partial charge in [-0.2, -0.15) is 0 Å². The van der Waals surface area contributed by atoms with Gasteiger partial charge in [-0.25, -0.2) is 4.79 Å². The number of piperidine rings is 1. The highest BCUT2D eigenvalue weighted by molar-refractivity contribution is 5.68. The second-order valence-electron chi connectivity index (χ2n) is 6.60. The first-order valence-corrected chi connectivity index (χ1v) is 7.64. The smallest absolute Gasteiger partial charge is 0.410 e. The second kappa shape index (κ2) is 6.89. The van der Waals surface area contributed by atoms with Crippen molar-refractivity contribution in [3.05, 3.63) is 30.1 Å². The number of amides is 1. The van der Waals surface area contributed by atoms with Crippen LogP contribution in [0.3, 0.4) is 0 Å². The van der Waals surface area contributed by atoms with E-state index >= 15 is 0 Å². The van der Waals surface area contributed by atoms with Crippen LogP contribution < -0.4 is 5.32 Å². The highest BCUT2D eigenvalue weighted by Gasteiger charge is 2.27. The maximum absolute atomic E-state index is 12.0. The normalized spacial score (nSPS) is 16.8. The second-order valence-corrected chi connectivity index (χ2v) is 6.60. The van der Waals surface area contributed by atoms with Crippen LogP contribution in [0.4, 0.5) is 4.79 Å². The van der Waals surface area contributed by atoms with Gasteiger partial charge in [-0.1, -0.05) is 0 Å². The molecule has 21 heavy (non-hydrogen) atoms. The first-order chi connectivity index (χ1) is 9.94.